The van der Waals surface area contributed by atoms with Crippen LogP contribution in [0.15, 0.2) is 24.3 Å². The molecule has 2 nitrogen and oxygen atoms in total. The number of benzene rings is 1. The van der Waals surface area contributed by atoms with Gasteiger partial charge < -0.3 is 5.73 Å². The quantitative estimate of drug-likeness (QED) is 0.896. The molecule has 0 aliphatic heterocycles. The van der Waals surface area contributed by atoms with E-state index in [0.717, 1.165) is 36.3 Å². The molecule has 0 saturated carbocycles. The molecule has 106 valence electrons. The van der Waals surface area contributed by atoms with E-state index in [-0.39, 0.29) is 0 Å². The van der Waals surface area contributed by atoms with Crippen molar-refractivity contribution in [3.63, 3.8) is 0 Å². The molecule has 0 aliphatic carbocycles. The van der Waals surface area contributed by atoms with E-state index in [4.69, 9.17) is 10.7 Å². The van der Waals surface area contributed by atoms with E-state index in [1.807, 2.05) is 19.1 Å². The summed E-state index contributed by atoms with van der Waals surface area (Å²) in [7, 11) is 0. The summed E-state index contributed by atoms with van der Waals surface area (Å²) >= 11 is 0. The molecule has 1 aromatic carbocycles. The van der Waals surface area contributed by atoms with E-state index in [1.54, 1.807) is 0 Å². The lowest BCUT2D eigenvalue weighted by Gasteiger charge is -2.16. The second kappa shape index (κ2) is 6.08. The van der Waals surface area contributed by atoms with Crippen LogP contribution in [0.3, 0.4) is 0 Å². The molecule has 0 radical (unpaired) electrons. The highest BCUT2D eigenvalue weighted by atomic mass is 14.7. The highest BCUT2D eigenvalue weighted by Gasteiger charge is 2.12. The summed E-state index contributed by atoms with van der Waals surface area (Å²) in [5, 5.41) is 0. The zero-order valence-corrected chi connectivity index (χ0v) is 13.0. The van der Waals surface area contributed by atoms with E-state index in [1.165, 1.54) is 22.3 Å². The number of aryl methyl sites for hydroxylation is 4. The van der Waals surface area contributed by atoms with Crippen LogP contribution in [-0.2, 0) is 19.3 Å². The first kappa shape index (κ1) is 14.6. The van der Waals surface area contributed by atoms with Gasteiger partial charge in [-0.2, -0.15) is 0 Å². The third kappa shape index (κ3) is 2.69. The summed E-state index contributed by atoms with van der Waals surface area (Å²) in [6.45, 7) is 8.60. The Hall–Kier alpha value is -1.83. The Morgan fingerprint density at radius 3 is 2.00 bits per heavy atom. The predicted molar refractivity (Wildman–Crippen MR) is 87.0 cm³/mol. The Morgan fingerprint density at radius 1 is 0.950 bits per heavy atom. The number of nitrogens with two attached hydrogens (primary N) is 1. The lowest BCUT2D eigenvalue weighted by molar-refractivity contribution is 1.04. The maximum Gasteiger partial charge on any atom is 0.0712 e. The van der Waals surface area contributed by atoms with Crippen molar-refractivity contribution in [2.24, 2.45) is 0 Å². The summed E-state index contributed by atoms with van der Waals surface area (Å²) in [5.74, 6) is 0. The number of pyridine rings is 1. The van der Waals surface area contributed by atoms with Crippen LogP contribution in [0.1, 0.15) is 43.2 Å². The molecule has 20 heavy (non-hydrogen) atoms. The third-order valence-electron chi connectivity index (χ3n) is 3.91. The van der Waals surface area contributed by atoms with Gasteiger partial charge in [-0.15, -0.1) is 0 Å². The van der Waals surface area contributed by atoms with Gasteiger partial charge in [0.05, 0.1) is 17.1 Å². The van der Waals surface area contributed by atoms with Crippen LogP contribution in [0.5, 0.6) is 0 Å². The maximum absolute atomic E-state index is 5.89. The van der Waals surface area contributed by atoms with Crippen LogP contribution in [0.4, 0.5) is 5.69 Å². The second-order valence-corrected chi connectivity index (χ2v) is 5.22. The molecule has 0 saturated heterocycles. The largest absolute Gasteiger partial charge is 0.397 e. The van der Waals surface area contributed by atoms with E-state index >= 15 is 0 Å². The second-order valence-electron chi connectivity index (χ2n) is 5.22. The number of nitrogen functional groups attached to an aromatic ring is 1. The van der Waals surface area contributed by atoms with E-state index in [0.29, 0.717) is 0 Å². The third-order valence-corrected chi connectivity index (χ3v) is 3.91. The summed E-state index contributed by atoms with van der Waals surface area (Å²) in [5.41, 5.74) is 14.1. The van der Waals surface area contributed by atoms with Crippen molar-refractivity contribution in [2.75, 3.05) is 5.73 Å². The van der Waals surface area contributed by atoms with Crippen molar-refractivity contribution in [1.82, 2.24) is 4.98 Å². The average Bonchev–Trinajstić information content (AvgIpc) is 2.48. The van der Waals surface area contributed by atoms with E-state index < -0.39 is 0 Å². The highest BCUT2D eigenvalue weighted by molar-refractivity contribution is 5.70. The van der Waals surface area contributed by atoms with E-state index in [9.17, 15) is 0 Å². The lowest BCUT2D eigenvalue weighted by atomic mass is 9.91. The van der Waals surface area contributed by atoms with Crippen LogP contribution in [0.25, 0.3) is 11.3 Å². The molecule has 0 amide bonds. The van der Waals surface area contributed by atoms with Gasteiger partial charge in [0.2, 0.25) is 0 Å². The fourth-order valence-electron chi connectivity index (χ4n) is 2.64. The number of hydrogen-bond acceptors (Lipinski definition) is 2. The van der Waals surface area contributed by atoms with Gasteiger partial charge in [-0.3, -0.25) is 4.98 Å². The molecule has 2 N–H and O–H groups in total. The summed E-state index contributed by atoms with van der Waals surface area (Å²) < 4.78 is 0. The number of anilines is 1. The Labute approximate surface area is 122 Å². The Morgan fingerprint density at radius 2 is 1.55 bits per heavy atom. The minimum atomic E-state index is 0.759. The minimum Gasteiger partial charge on any atom is -0.397 e. The standard InChI is InChI=1S/C18H24N2/c1-5-13-10-14(6-2)18(15(7-3)11-13)17-9-8-16(19)12(4)20-17/h8-11H,5-7,19H2,1-4H3. The molecule has 0 spiro atoms. The first-order valence-corrected chi connectivity index (χ1v) is 7.48. The molecular formula is C18H24N2. The molecule has 0 unspecified atom stereocenters. The molecule has 0 atom stereocenters. The zero-order chi connectivity index (χ0) is 14.7. The molecule has 2 heteroatoms. The smallest absolute Gasteiger partial charge is 0.0712 e. The zero-order valence-electron chi connectivity index (χ0n) is 13.0. The van der Waals surface area contributed by atoms with Crippen molar-refractivity contribution < 1.29 is 0 Å². The van der Waals surface area contributed by atoms with Crippen LogP contribution < -0.4 is 5.73 Å². The topological polar surface area (TPSA) is 38.9 Å². The molecule has 0 bridgehead atoms. The van der Waals surface area contributed by atoms with Gasteiger partial charge in [0, 0.05) is 5.56 Å². The number of hydrogen-bond donors (Lipinski definition) is 1. The molecule has 2 aromatic rings. The summed E-state index contributed by atoms with van der Waals surface area (Å²) in [6.07, 6.45) is 3.14. The van der Waals surface area contributed by atoms with Gasteiger partial charge in [0.25, 0.3) is 0 Å². The van der Waals surface area contributed by atoms with Gasteiger partial charge in [-0.1, -0.05) is 32.9 Å². The van der Waals surface area contributed by atoms with Gasteiger partial charge in [0.1, 0.15) is 0 Å². The van der Waals surface area contributed by atoms with Crippen LogP contribution in [-0.4, -0.2) is 4.98 Å². The van der Waals surface area contributed by atoms with Crippen molar-refractivity contribution in [2.45, 2.75) is 47.0 Å². The lowest BCUT2D eigenvalue weighted by Crippen LogP contribution is -2.01. The molecule has 1 heterocycles. The molecule has 2 rings (SSSR count). The number of rotatable bonds is 4. The first-order chi connectivity index (χ1) is 9.60. The monoisotopic (exact) mass is 268 g/mol. The highest BCUT2D eigenvalue weighted by Crippen LogP contribution is 2.30. The van der Waals surface area contributed by atoms with Gasteiger partial charge in [-0.05, 0) is 55.0 Å². The first-order valence-electron chi connectivity index (χ1n) is 7.48. The van der Waals surface area contributed by atoms with Crippen LogP contribution in [0.2, 0.25) is 0 Å². The molecular weight excluding hydrogens is 244 g/mol. The van der Waals surface area contributed by atoms with Gasteiger partial charge >= 0.3 is 0 Å². The van der Waals surface area contributed by atoms with Gasteiger partial charge in [0.15, 0.2) is 0 Å². The van der Waals surface area contributed by atoms with E-state index in [2.05, 4.69) is 32.9 Å². The fourth-order valence-corrected chi connectivity index (χ4v) is 2.64. The summed E-state index contributed by atoms with van der Waals surface area (Å²) in [4.78, 5) is 4.69. The minimum absolute atomic E-state index is 0.759. The predicted octanol–water partition coefficient (Wildman–Crippen LogP) is 4.33. The van der Waals surface area contributed by atoms with Gasteiger partial charge in [-0.25, -0.2) is 0 Å². The maximum atomic E-state index is 5.89. The Bertz CT molecular complexity index is 590. The van der Waals surface area contributed by atoms with Crippen molar-refractivity contribution in [3.8, 4) is 11.3 Å². The summed E-state index contributed by atoms with van der Waals surface area (Å²) in [6, 6.07) is 8.65. The number of nitrogens with zero attached hydrogens (tertiary/aromatic N) is 1. The fraction of sp³-hybridized carbons (Fsp3) is 0.389. The average molecular weight is 268 g/mol. The Balaban J connectivity index is 2.67. The van der Waals surface area contributed by atoms with Crippen molar-refractivity contribution >= 4 is 5.69 Å². The number of aromatic nitrogens is 1. The van der Waals surface area contributed by atoms with Crippen LogP contribution in [0, 0.1) is 6.92 Å². The normalized spacial score (nSPS) is 10.8. The van der Waals surface area contributed by atoms with Crippen molar-refractivity contribution in [1.29, 1.82) is 0 Å². The molecule has 0 aliphatic rings. The van der Waals surface area contributed by atoms with Crippen molar-refractivity contribution in [3.05, 3.63) is 46.6 Å². The molecule has 1 aromatic heterocycles. The molecule has 0 fully saturated rings. The SMILES string of the molecule is CCc1cc(CC)c(-c2ccc(N)c(C)n2)c(CC)c1. The van der Waals surface area contributed by atoms with Crippen LogP contribution >= 0.6 is 0 Å². The Kier molecular flexibility index (Phi) is 4.43.